The van der Waals surface area contributed by atoms with Gasteiger partial charge in [0.05, 0.1) is 30.1 Å². The fourth-order valence-electron chi connectivity index (χ4n) is 4.47. The van der Waals surface area contributed by atoms with E-state index >= 15 is 0 Å². The van der Waals surface area contributed by atoms with E-state index in [0.717, 1.165) is 29.3 Å². The van der Waals surface area contributed by atoms with Crippen molar-refractivity contribution in [3.8, 4) is 0 Å². The molecular weight excluding hydrogens is 561 g/mol. The maximum absolute atomic E-state index is 13.2. The van der Waals surface area contributed by atoms with Gasteiger partial charge in [0.2, 0.25) is 5.91 Å². The highest BCUT2D eigenvalue weighted by Gasteiger charge is 2.37. The smallest absolute Gasteiger partial charge is 0.417 e. The number of hydrogen-bond acceptors (Lipinski definition) is 6. The van der Waals surface area contributed by atoms with Crippen LogP contribution in [-0.4, -0.2) is 51.6 Å². The normalized spacial score (nSPS) is 16.1. The quantitative estimate of drug-likeness (QED) is 0.412. The number of amides is 2. The van der Waals surface area contributed by atoms with Crippen molar-refractivity contribution in [2.75, 3.05) is 26.3 Å². The first-order chi connectivity index (χ1) is 19.5. The lowest BCUT2D eigenvalue weighted by Gasteiger charge is -2.23. The number of sulfonamides is 1. The van der Waals surface area contributed by atoms with Gasteiger partial charge in [-0.1, -0.05) is 66.7 Å². The van der Waals surface area contributed by atoms with E-state index in [2.05, 4.69) is 0 Å². The van der Waals surface area contributed by atoms with Crippen molar-refractivity contribution < 1.29 is 40.7 Å². The fraction of sp³-hybridized carbons (Fsp3) is 0.310. The lowest BCUT2D eigenvalue weighted by Crippen LogP contribution is -2.36. The molecule has 0 aliphatic carbocycles. The van der Waals surface area contributed by atoms with E-state index in [-0.39, 0.29) is 18.9 Å². The predicted octanol–water partition coefficient (Wildman–Crippen LogP) is 4.58. The average Bonchev–Trinajstić information content (AvgIpc) is 3.18. The van der Waals surface area contributed by atoms with Gasteiger partial charge >= 0.3 is 12.3 Å². The molecule has 8 nitrogen and oxygen atoms in total. The van der Waals surface area contributed by atoms with Crippen LogP contribution in [0.1, 0.15) is 22.3 Å². The van der Waals surface area contributed by atoms with Crippen LogP contribution in [0, 0.1) is 5.92 Å². The number of alkyl halides is 3. The molecule has 0 spiro atoms. The second-order valence-corrected chi connectivity index (χ2v) is 11.3. The third-order valence-corrected chi connectivity index (χ3v) is 7.87. The molecule has 1 saturated heterocycles. The number of carbonyl (C=O) groups excluding carboxylic acids is 2. The van der Waals surface area contributed by atoms with E-state index in [1.165, 1.54) is 0 Å². The molecule has 0 unspecified atom stereocenters. The highest BCUT2D eigenvalue weighted by atomic mass is 32.2. The zero-order valence-corrected chi connectivity index (χ0v) is 22.8. The van der Waals surface area contributed by atoms with Crippen molar-refractivity contribution >= 4 is 22.0 Å². The summed E-state index contributed by atoms with van der Waals surface area (Å²) < 4.78 is 77.6. The van der Waals surface area contributed by atoms with E-state index < -0.39 is 38.7 Å². The molecule has 218 valence electrons. The first kappa shape index (κ1) is 30.1. The van der Waals surface area contributed by atoms with Gasteiger partial charge in [-0.05, 0) is 35.2 Å². The van der Waals surface area contributed by atoms with E-state index in [1.807, 2.05) is 30.3 Å². The SMILES string of the molecule is O=C(Cc1ccc(C[C@@H]2COCCN(C(=O)OCc3ccccc3)C2)cc1)NS(=O)(=O)c1ccccc1C(F)(F)F. The lowest BCUT2D eigenvalue weighted by molar-refractivity contribution is -0.140. The molecule has 3 aromatic rings. The summed E-state index contributed by atoms with van der Waals surface area (Å²) in [6, 6.07) is 19.9. The van der Waals surface area contributed by atoms with Gasteiger partial charge in [-0.15, -0.1) is 0 Å². The van der Waals surface area contributed by atoms with Crippen LogP contribution in [0.5, 0.6) is 0 Å². The second-order valence-electron chi connectivity index (χ2n) is 9.65. The zero-order chi connectivity index (χ0) is 29.5. The molecule has 1 heterocycles. The molecule has 0 radical (unpaired) electrons. The van der Waals surface area contributed by atoms with Gasteiger partial charge in [0.1, 0.15) is 6.61 Å². The Bertz CT molecular complexity index is 1450. The van der Waals surface area contributed by atoms with Crippen LogP contribution in [0.25, 0.3) is 0 Å². The third kappa shape index (κ3) is 8.54. The standard InChI is InChI=1S/C29H29F3N2O6S/c30-29(31,32)25-8-4-5-9-26(25)41(37,38)33-27(35)17-22-12-10-21(11-13-22)16-24-18-34(14-15-39-19-24)28(36)40-20-23-6-2-1-3-7-23/h1-13,24H,14-20H2,(H,33,35)/t24-/m0/s1. The molecular formula is C29H29F3N2O6S. The molecule has 0 aromatic heterocycles. The van der Waals surface area contributed by atoms with Crippen LogP contribution >= 0.6 is 0 Å². The first-order valence-corrected chi connectivity index (χ1v) is 14.3. The van der Waals surface area contributed by atoms with Gasteiger partial charge < -0.3 is 14.4 Å². The summed E-state index contributed by atoms with van der Waals surface area (Å²) in [4.78, 5) is 25.7. The van der Waals surface area contributed by atoms with Crippen molar-refractivity contribution in [2.24, 2.45) is 5.92 Å². The lowest BCUT2D eigenvalue weighted by atomic mass is 9.98. The average molecular weight is 591 g/mol. The summed E-state index contributed by atoms with van der Waals surface area (Å²) in [5.74, 6) is -0.966. The van der Waals surface area contributed by atoms with Crippen molar-refractivity contribution in [3.63, 3.8) is 0 Å². The zero-order valence-electron chi connectivity index (χ0n) is 22.0. The molecule has 4 rings (SSSR count). The van der Waals surface area contributed by atoms with Gasteiger partial charge in [-0.3, -0.25) is 4.79 Å². The topological polar surface area (TPSA) is 102 Å². The second kappa shape index (κ2) is 13.2. The monoisotopic (exact) mass is 590 g/mol. The summed E-state index contributed by atoms with van der Waals surface area (Å²) >= 11 is 0. The van der Waals surface area contributed by atoms with Gasteiger partial charge in [0.25, 0.3) is 10.0 Å². The third-order valence-electron chi connectivity index (χ3n) is 6.44. The van der Waals surface area contributed by atoms with Crippen LogP contribution in [0.4, 0.5) is 18.0 Å². The Morgan fingerprint density at radius 2 is 1.59 bits per heavy atom. The molecule has 3 aromatic carbocycles. The largest absolute Gasteiger partial charge is 0.445 e. The van der Waals surface area contributed by atoms with Crippen LogP contribution in [-0.2, 0) is 49.9 Å². The van der Waals surface area contributed by atoms with Crippen LogP contribution in [0.2, 0.25) is 0 Å². The van der Waals surface area contributed by atoms with Crippen LogP contribution < -0.4 is 4.72 Å². The Labute approximate surface area is 236 Å². The number of carbonyl (C=O) groups is 2. The van der Waals surface area contributed by atoms with Gasteiger partial charge in [0, 0.05) is 19.0 Å². The number of rotatable bonds is 8. The van der Waals surface area contributed by atoms with Crippen molar-refractivity contribution in [3.05, 3.63) is 101 Å². The summed E-state index contributed by atoms with van der Waals surface area (Å²) in [7, 11) is -4.73. The molecule has 12 heteroatoms. The fourth-order valence-corrected chi connectivity index (χ4v) is 5.68. The molecule has 0 bridgehead atoms. The minimum Gasteiger partial charge on any atom is -0.445 e. The number of benzene rings is 3. The summed E-state index contributed by atoms with van der Waals surface area (Å²) in [5.41, 5.74) is 0.930. The van der Waals surface area contributed by atoms with Crippen LogP contribution in [0.3, 0.4) is 0 Å². The minimum atomic E-state index is -4.90. The molecule has 1 atom stereocenters. The number of nitrogens with zero attached hydrogens (tertiary/aromatic N) is 1. The Morgan fingerprint density at radius 1 is 0.927 bits per heavy atom. The van der Waals surface area contributed by atoms with E-state index in [0.29, 0.717) is 44.4 Å². The van der Waals surface area contributed by atoms with E-state index in [9.17, 15) is 31.2 Å². The van der Waals surface area contributed by atoms with Gasteiger partial charge in [0.15, 0.2) is 0 Å². The molecule has 2 amide bonds. The number of ether oxygens (including phenoxy) is 2. The number of nitrogens with one attached hydrogen (secondary N) is 1. The highest BCUT2D eigenvalue weighted by Crippen LogP contribution is 2.33. The Balaban J connectivity index is 1.31. The molecule has 1 fully saturated rings. The van der Waals surface area contributed by atoms with Crippen LogP contribution in [0.15, 0.2) is 83.8 Å². The predicted molar refractivity (Wildman–Crippen MR) is 143 cm³/mol. The summed E-state index contributed by atoms with van der Waals surface area (Å²) in [5, 5.41) is 0. The van der Waals surface area contributed by atoms with Crippen molar-refractivity contribution in [1.82, 2.24) is 9.62 Å². The molecule has 0 saturated carbocycles. The summed E-state index contributed by atoms with van der Waals surface area (Å²) in [6.07, 6.45) is -5.08. The molecule has 41 heavy (non-hydrogen) atoms. The van der Waals surface area contributed by atoms with Gasteiger partial charge in [-0.2, -0.15) is 13.2 Å². The molecule has 1 N–H and O–H groups in total. The Hall–Kier alpha value is -3.90. The Morgan fingerprint density at radius 3 is 2.29 bits per heavy atom. The van der Waals surface area contributed by atoms with Crippen molar-refractivity contribution in [1.29, 1.82) is 0 Å². The van der Waals surface area contributed by atoms with Crippen molar-refractivity contribution in [2.45, 2.75) is 30.5 Å². The van der Waals surface area contributed by atoms with E-state index in [1.54, 1.807) is 33.9 Å². The first-order valence-electron chi connectivity index (χ1n) is 12.8. The number of halogens is 3. The molecule has 1 aliphatic heterocycles. The maximum Gasteiger partial charge on any atom is 0.417 e. The summed E-state index contributed by atoms with van der Waals surface area (Å²) in [6.45, 7) is 1.86. The number of hydrogen-bond donors (Lipinski definition) is 1. The maximum atomic E-state index is 13.2. The Kier molecular flexibility index (Phi) is 9.66. The highest BCUT2D eigenvalue weighted by molar-refractivity contribution is 7.90. The minimum absolute atomic E-state index is 0.00484. The molecule has 1 aliphatic rings. The van der Waals surface area contributed by atoms with Gasteiger partial charge in [-0.25, -0.2) is 17.9 Å². The van der Waals surface area contributed by atoms with E-state index in [4.69, 9.17) is 9.47 Å².